The molecule has 2 aromatic rings. The van der Waals surface area contributed by atoms with Gasteiger partial charge in [0.15, 0.2) is 0 Å². The number of halogens is 1. The largest absolute Gasteiger partial charge is 0.377 e. The summed E-state index contributed by atoms with van der Waals surface area (Å²) in [6, 6.07) is 14.1. The highest BCUT2D eigenvalue weighted by Gasteiger charge is 2.23. The van der Waals surface area contributed by atoms with E-state index in [1.807, 2.05) is 19.1 Å². The molecule has 1 nitrogen and oxygen atoms in total. The summed E-state index contributed by atoms with van der Waals surface area (Å²) in [6.07, 6.45) is 6.43. The minimum absolute atomic E-state index is 0.171. The maximum absolute atomic E-state index is 14.5. The fourth-order valence-electron chi connectivity index (χ4n) is 4.04. The Hall–Kier alpha value is -1.67. The highest BCUT2D eigenvalue weighted by molar-refractivity contribution is 5.68. The Kier molecular flexibility index (Phi) is 6.25. The van der Waals surface area contributed by atoms with E-state index in [0.717, 1.165) is 11.5 Å². The van der Waals surface area contributed by atoms with Crippen LogP contribution in [0.5, 0.6) is 0 Å². The van der Waals surface area contributed by atoms with E-state index < -0.39 is 0 Å². The first-order valence-corrected chi connectivity index (χ1v) is 9.68. The summed E-state index contributed by atoms with van der Waals surface area (Å²) in [5, 5.41) is 0. The second-order valence-electron chi connectivity index (χ2n) is 7.16. The van der Waals surface area contributed by atoms with Gasteiger partial charge in [0.25, 0.3) is 0 Å². The average molecular weight is 340 g/mol. The third-order valence-electron chi connectivity index (χ3n) is 5.65. The summed E-state index contributed by atoms with van der Waals surface area (Å²) >= 11 is 0. The lowest BCUT2D eigenvalue weighted by atomic mass is 9.76. The first-order valence-electron chi connectivity index (χ1n) is 9.68. The molecular weight excluding hydrogens is 311 g/mol. The van der Waals surface area contributed by atoms with Crippen LogP contribution in [0.2, 0.25) is 0 Å². The second-order valence-corrected chi connectivity index (χ2v) is 7.16. The molecule has 0 aliphatic heterocycles. The van der Waals surface area contributed by atoms with Gasteiger partial charge in [-0.25, -0.2) is 4.39 Å². The first kappa shape index (κ1) is 18.1. The Labute approximate surface area is 151 Å². The predicted molar refractivity (Wildman–Crippen MR) is 102 cm³/mol. The molecule has 1 fully saturated rings. The lowest BCUT2D eigenvalue weighted by molar-refractivity contribution is 0.131. The van der Waals surface area contributed by atoms with Crippen LogP contribution < -0.4 is 0 Å². The molecule has 1 aliphatic carbocycles. The molecule has 0 spiro atoms. The van der Waals surface area contributed by atoms with E-state index in [9.17, 15) is 4.39 Å². The molecule has 134 valence electrons. The maximum Gasteiger partial charge on any atom is 0.129 e. The van der Waals surface area contributed by atoms with Crippen molar-refractivity contribution in [2.45, 2.75) is 58.5 Å². The molecule has 2 heteroatoms. The van der Waals surface area contributed by atoms with Crippen LogP contribution in [0.4, 0.5) is 4.39 Å². The molecule has 25 heavy (non-hydrogen) atoms. The van der Waals surface area contributed by atoms with E-state index >= 15 is 0 Å². The number of benzene rings is 2. The molecule has 0 saturated heterocycles. The van der Waals surface area contributed by atoms with Crippen molar-refractivity contribution >= 4 is 0 Å². The molecule has 1 saturated carbocycles. The molecule has 0 atom stereocenters. The van der Waals surface area contributed by atoms with Gasteiger partial charge >= 0.3 is 0 Å². The van der Waals surface area contributed by atoms with Gasteiger partial charge in [-0.05, 0) is 67.2 Å². The Bertz CT molecular complexity index is 686. The van der Waals surface area contributed by atoms with Gasteiger partial charge in [0, 0.05) is 12.2 Å². The first-order chi connectivity index (χ1) is 12.2. The van der Waals surface area contributed by atoms with Gasteiger partial charge in [-0.1, -0.05) is 49.7 Å². The molecule has 0 unspecified atom stereocenters. The predicted octanol–water partition coefficient (Wildman–Crippen LogP) is 6.71. The normalized spacial score (nSPS) is 20.6. The van der Waals surface area contributed by atoms with Crippen LogP contribution in [0.3, 0.4) is 0 Å². The van der Waals surface area contributed by atoms with E-state index in [1.54, 1.807) is 6.07 Å². The molecule has 0 amide bonds. The topological polar surface area (TPSA) is 9.23 Å². The van der Waals surface area contributed by atoms with Crippen molar-refractivity contribution in [3.8, 4) is 11.1 Å². The monoisotopic (exact) mass is 340 g/mol. The summed E-state index contributed by atoms with van der Waals surface area (Å²) in [6.45, 7) is 5.16. The van der Waals surface area contributed by atoms with Crippen molar-refractivity contribution in [2.75, 3.05) is 6.61 Å². The van der Waals surface area contributed by atoms with E-state index in [0.29, 0.717) is 24.7 Å². The molecule has 0 radical (unpaired) electrons. The Balaban J connectivity index is 1.85. The van der Waals surface area contributed by atoms with Crippen LogP contribution in [0, 0.1) is 11.7 Å². The molecule has 1 aliphatic rings. The van der Waals surface area contributed by atoms with E-state index in [1.165, 1.54) is 43.2 Å². The summed E-state index contributed by atoms with van der Waals surface area (Å²) in [4.78, 5) is 0. The number of rotatable bonds is 6. The summed E-state index contributed by atoms with van der Waals surface area (Å²) in [5.74, 6) is 1.32. The van der Waals surface area contributed by atoms with Gasteiger partial charge in [-0.3, -0.25) is 0 Å². The lowest BCUT2D eigenvalue weighted by Gasteiger charge is -2.29. The highest BCUT2D eigenvalue weighted by Crippen LogP contribution is 2.40. The standard InChI is InChI=1S/C23H29FO/c1-3-17-9-11-18(12-10-17)21-7-5-6-8-22(21)19-13-14-20(16-25-4-2)23(24)15-19/h5-8,13-15,17-18H,3-4,9-12,16H2,1-2H3. The minimum atomic E-state index is -0.171. The molecule has 0 aromatic heterocycles. The molecule has 0 heterocycles. The van der Waals surface area contributed by atoms with Gasteiger partial charge in [-0.15, -0.1) is 0 Å². The van der Waals surface area contributed by atoms with Crippen LogP contribution in [0.1, 0.15) is 63.0 Å². The molecule has 2 aromatic carbocycles. The number of ether oxygens (including phenoxy) is 1. The van der Waals surface area contributed by atoms with Crippen LogP contribution >= 0.6 is 0 Å². The van der Waals surface area contributed by atoms with Crippen molar-refractivity contribution in [1.29, 1.82) is 0 Å². The van der Waals surface area contributed by atoms with Gasteiger partial charge < -0.3 is 4.74 Å². The average Bonchev–Trinajstić information content (AvgIpc) is 2.67. The van der Waals surface area contributed by atoms with E-state index in [4.69, 9.17) is 4.74 Å². The van der Waals surface area contributed by atoms with Crippen molar-refractivity contribution < 1.29 is 9.13 Å². The Morgan fingerprint density at radius 3 is 2.44 bits per heavy atom. The van der Waals surface area contributed by atoms with Crippen molar-refractivity contribution in [2.24, 2.45) is 5.92 Å². The van der Waals surface area contributed by atoms with Gasteiger partial charge in [0.05, 0.1) is 6.61 Å². The Morgan fingerprint density at radius 2 is 1.76 bits per heavy atom. The third-order valence-corrected chi connectivity index (χ3v) is 5.65. The molecule has 0 bridgehead atoms. The minimum Gasteiger partial charge on any atom is -0.377 e. The van der Waals surface area contributed by atoms with Crippen LogP contribution in [0.15, 0.2) is 42.5 Å². The van der Waals surface area contributed by atoms with E-state index in [2.05, 4.69) is 31.2 Å². The highest BCUT2D eigenvalue weighted by atomic mass is 19.1. The quantitative estimate of drug-likeness (QED) is 0.567. The molecule has 3 rings (SSSR count). The van der Waals surface area contributed by atoms with Crippen molar-refractivity contribution in [1.82, 2.24) is 0 Å². The zero-order valence-corrected chi connectivity index (χ0v) is 15.4. The fraction of sp³-hybridized carbons (Fsp3) is 0.478. The van der Waals surface area contributed by atoms with E-state index in [-0.39, 0.29) is 5.82 Å². The number of hydrogen-bond acceptors (Lipinski definition) is 1. The maximum atomic E-state index is 14.5. The van der Waals surface area contributed by atoms with Crippen LogP contribution in [0.25, 0.3) is 11.1 Å². The SMILES string of the molecule is CCOCc1ccc(-c2ccccc2C2CCC(CC)CC2)cc1F. The molecule has 0 N–H and O–H groups in total. The summed E-state index contributed by atoms with van der Waals surface area (Å²) in [7, 11) is 0. The van der Waals surface area contributed by atoms with Crippen LogP contribution in [-0.4, -0.2) is 6.61 Å². The van der Waals surface area contributed by atoms with Crippen molar-refractivity contribution in [3.05, 3.63) is 59.4 Å². The van der Waals surface area contributed by atoms with Crippen molar-refractivity contribution in [3.63, 3.8) is 0 Å². The summed E-state index contributed by atoms with van der Waals surface area (Å²) in [5.41, 5.74) is 4.18. The lowest BCUT2D eigenvalue weighted by Crippen LogP contribution is -2.13. The fourth-order valence-corrected chi connectivity index (χ4v) is 4.04. The molecular formula is C23H29FO. The van der Waals surface area contributed by atoms with Gasteiger partial charge in [-0.2, -0.15) is 0 Å². The number of hydrogen-bond donors (Lipinski definition) is 0. The zero-order chi connectivity index (χ0) is 17.6. The summed E-state index contributed by atoms with van der Waals surface area (Å²) < 4.78 is 19.8. The van der Waals surface area contributed by atoms with Crippen LogP contribution in [-0.2, 0) is 11.3 Å². The third kappa shape index (κ3) is 4.30. The zero-order valence-electron chi connectivity index (χ0n) is 15.4. The second kappa shape index (κ2) is 8.62. The van der Waals surface area contributed by atoms with Gasteiger partial charge in [0.1, 0.15) is 5.82 Å². The Morgan fingerprint density at radius 1 is 1.00 bits per heavy atom. The van der Waals surface area contributed by atoms with Gasteiger partial charge in [0.2, 0.25) is 0 Å². The smallest absolute Gasteiger partial charge is 0.129 e.